The Morgan fingerprint density at radius 1 is 1.16 bits per heavy atom. The molecule has 1 N–H and O–H groups in total. The molecule has 7 rings (SSSR count). The van der Waals surface area contributed by atoms with Gasteiger partial charge in [0.1, 0.15) is 12.4 Å². The summed E-state index contributed by atoms with van der Waals surface area (Å²) in [5.41, 5.74) is 0.574. The van der Waals surface area contributed by atoms with Gasteiger partial charge in [0.15, 0.2) is 11.0 Å². The summed E-state index contributed by atoms with van der Waals surface area (Å²) < 4.78 is 29.0. The van der Waals surface area contributed by atoms with E-state index in [1.54, 1.807) is 13.0 Å². The number of ether oxygens (including phenoxy) is 2. The second-order valence-corrected chi connectivity index (χ2v) is 10.4. The number of esters is 1. The van der Waals surface area contributed by atoms with Gasteiger partial charge in [0.2, 0.25) is 0 Å². The van der Waals surface area contributed by atoms with Crippen LogP contribution in [0.1, 0.15) is 41.8 Å². The molecule has 3 aromatic rings. The summed E-state index contributed by atoms with van der Waals surface area (Å²) in [6.07, 6.45) is 0.605. The van der Waals surface area contributed by atoms with Gasteiger partial charge in [0.05, 0.1) is 53.8 Å². The first-order valence-electron chi connectivity index (χ1n) is 12.7. The molecule has 4 aliphatic heterocycles. The Bertz CT molecular complexity index is 1640. The third kappa shape index (κ3) is 3.03. The van der Waals surface area contributed by atoms with Gasteiger partial charge in [-0.1, -0.05) is 6.92 Å². The van der Waals surface area contributed by atoms with Crippen LogP contribution in [-0.4, -0.2) is 58.0 Å². The number of aromatic nitrogens is 2. The van der Waals surface area contributed by atoms with Gasteiger partial charge >= 0.3 is 5.97 Å². The molecule has 1 aromatic carbocycles. The van der Waals surface area contributed by atoms with Crippen LogP contribution in [0, 0.1) is 5.82 Å². The van der Waals surface area contributed by atoms with Crippen molar-refractivity contribution < 1.29 is 23.8 Å². The predicted octanol–water partition coefficient (Wildman–Crippen LogP) is 1.41. The van der Waals surface area contributed by atoms with Crippen molar-refractivity contribution in [1.29, 1.82) is 0 Å². The molecule has 9 nitrogen and oxygen atoms in total. The van der Waals surface area contributed by atoms with E-state index in [4.69, 9.17) is 9.47 Å². The monoisotopic (exact) mass is 507 g/mol. The number of morpholine rings is 1. The zero-order valence-electron chi connectivity index (χ0n) is 20.4. The van der Waals surface area contributed by atoms with Crippen molar-refractivity contribution in [3.8, 4) is 11.3 Å². The van der Waals surface area contributed by atoms with Gasteiger partial charge in [-0.2, -0.15) is 0 Å². The quantitative estimate of drug-likeness (QED) is 0.419. The molecule has 2 aromatic heterocycles. The van der Waals surface area contributed by atoms with Gasteiger partial charge in [-0.3, -0.25) is 14.5 Å². The van der Waals surface area contributed by atoms with E-state index in [0.29, 0.717) is 43.1 Å². The molecule has 6 heterocycles. The van der Waals surface area contributed by atoms with Crippen molar-refractivity contribution >= 4 is 16.9 Å². The number of hydrogen-bond acceptors (Lipinski definition) is 7. The van der Waals surface area contributed by atoms with Crippen molar-refractivity contribution in [1.82, 2.24) is 14.0 Å². The number of nitrogens with zero attached hydrogens (tertiary/aromatic N) is 3. The van der Waals surface area contributed by atoms with Gasteiger partial charge in [-0.05, 0) is 36.6 Å². The van der Waals surface area contributed by atoms with Crippen molar-refractivity contribution in [3.63, 3.8) is 0 Å². The lowest BCUT2D eigenvalue weighted by Crippen LogP contribution is -2.44. The summed E-state index contributed by atoms with van der Waals surface area (Å²) in [5, 5.41) is 11.4. The van der Waals surface area contributed by atoms with E-state index in [0.717, 1.165) is 24.2 Å². The lowest BCUT2D eigenvalue weighted by molar-refractivity contribution is -0.172. The Morgan fingerprint density at radius 2 is 1.95 bits per heavy atom. The van der Waals surface area contributed by atoms with Gasteiger partial charge in [0, 0.05) is 30.6 Å². The smallest absolute Gasteiger partial charge is 0.343 e. The normalized spacial score (nSPS) is 24.2. The molecule has 0 aliphatic carbocycles. The summed E-state index contributed by atoms with van der Waals surface area (Å²) in [4.78, 5) is 42.3. The van der Waals surface area contributed by atoms with Gasteiger partial charge in [0.25, 0.3) is 5.56 Å². The molecule has 10 heteroatoms. The first kappa shape index (κ1) is 22.8. The molecule has 1 saturated heterocycles. The van der Waals surface area contributed by atoms with Crippen LogP contribution >= 0.6 is 0 Å². The Hall–Kier alpha value is -3.34. The molecule has 0 spiro atoms. The Labute approximate surface area is 210 Å². The number of cyclic esters (lactones) is 1. The minimum atomic E-state index is -1.97. The van der Waals surface area contributed by atoms with Crippen LogP contribution in [-0.2, 0) is 39.4 Å². The molecule has 0 saturated carbocycles. The van der Waals surface area contributed by atoms with Crippen LogP contribution in [0.5, 0.6) is 0 Å². The number of fused-ring (bicyclic) bond motifs is 5. The minimum Gasteiger partial charge on any atom is -0.458 e. The highest BCUT2D eigenvalue weighted by Crippen LogP contribution is 2.42. The van der Waals surface area contributed by atoms with Gasteiger partial charge in [-0.25, -0.2) is 9.18 Å². The van der Waals surface area contributed by atoms with E-state index >= 15 is 0 Å². The topological polar surface area (TPSA) is 103 Å². The standard InChI is InChI=1S/C27H26FN3O6/c1-2-27(35)19-10-20-22-21(12-30(20)25(33)18(19)13-37-26(27)34)31-16(11-29-3-5-36-6-4-29)8-14-7-15(28)9-17(23(14)31)24(22)32/h7,9-10,16,35H,2-6,8,11-13H2,1H3/t16-,27-/m0/s1. The largest absolute Gasteiger partial charge is 0.458 e. The maximum atomic E-state index is 14.7. The zero-order chi connectivity index (χ0) is 25.6. The fraction of sp³-hybridized carbons (Fsp3) is 0.444. The highest BCUT2D eigenvalue weighted by atomic mass is 19.1. The van der Waals surface area contributed by atoms with Crippen molar-refractivity contribution in [2.24, 2.45) is 0 Å². The fourth-order valence-electron chi connectivity index (χ4n) is 6.60. The number of carbonyl (C=O) groups excluding carboxylic acids is 1. The number of hydrogen-bond donors (Lipinski definition) is 1. The Morgan fingerprint density at radius 3 is 2.70 bits per heavy atom. The number of rotatable bonds is 3. The summed E-state index contributed by atoms with van der Waals surface area (Å²) in [5.74, 6) is -1.28. The molecular formula is C27H26FN3O6. The molecule has 0 bridgehead atoms. The van der Waals surface area contributed by atoms with Gasteiger partial charge in [-0.15, -0.1) is 0 Å². The van der Waals surface area contributed by atoms with E-state index in [1.807, 2.05) is 0 Å². The minimum absolute atomic E-state index is 0.0206. The van der Waals surface area contributed by atoms with E-state index in [1.165, 1.54) is 16.7 Å². The van der Waals surface area contributed by atoms with Crippen molar-refractivity contribution in [3.05, 3.63) is 67.0 Å². The van der Waals surface area contributed by atoms with Crippen LogP contribution in [0.15, 0.2) is 27.8 Å². The molecule has 1 fully saturated rings. The highest BCUT2D eigenvalue weighted by molar-refractivity contribution is 5.90. The second-order valence-electron chi connectivity index (χ2n) is 10.4. The number of aliphatic hydroxyl groups is 1. The third-order valence-corrected chi connectivity index (χ3v) is 8.45. The van der Waals surface area contributed by atoms with Crippen molar-refractivity contribution in [2.75, 3.05) is 32.8 Å². The molecule has 37 heavy (non-hydrogen) atoms. The number of carbonyl (C=O) groups is 1. The first-order chi connectivity index (χ1) is 17.8. The zero-order valence-corrected chi connectivity index (χ0v) is 20.4. The number of halogens is 1. The number of benzene rings is 1. The van der Waals surface area contributed by atoms with E-state index < -0.39 is 22.9 Å². The lowest BCUT2D eigenvalue weighted by atomic mass is 9.86. The Kier molecular flexibility index (Phi) is 4.83. The van der Waals surface area contributed by atoms with Crippen LogP contribution in [0.2, 0.25) is 0 Å². The summed E-state index contributed by atoms with van der Waals surface area (Å²) >= 11 is 0. The SMILES string of the molecule is CC[C@@]1(O)C(=O)OCc2c1cc1n(c2=O)Cc2c-1c(=O)c1cc(F)cc3c1n2[C@H](CN1CCOCC1)C3. The van der Waals surface area contributed by atoms with Crippen molar-refractivity contribution in [2.45, 2.75) is 44.6 Å². The second kappa shape index (κ2) is 7.83. The summed E-state index contributed by atoms with van der Waals surface area (Å²) in [7, 11) is 0. The average molecular weight is 508 g/mol. The van der Waals surface area contributed by atoms with Gasteiger partial charge < -0.3 is 23.7 Å². The summed E-state index contributed by atoms with van der Waals surface area (Å²) in [6.45, 7) is 5.19. The molecule has 2 atom stereocenters. The van der Waals surface area contributed by atoms with E-state index in [9.17, 15) is 23.9 Å². The highest BCUT2D eigenvalue weighted by Gasteiger charge is 2.46. The predicted molar refractivity (Wildman–Crippen MR) is 131 cm³/mol. The third-order valence-electron chi connectivity index (χ3n) is 8.45. The molecule has 192 valence electrons. The van der Waals surface area contributed by atoms with E-state index in [2.05, 4.69) is 9.47 Å². The molecule has 0 amide bonds. The van der Waals surface area contributed by atoms with Crippen LogP contribution in [0.25, 0.3) is 22.2 Å². The molecular weight excluding hydrogens is 481 g/mol. The first-order valence-corrected chi connectivity index (χ1v) is 12.7. The van der Waals surface area contributed by atoms with Crippen LogP contribution < -0.4 is 11.0 Å². The maximum absolute atomic E-state index is 14.7. The fourth-order valence-corrected chi connectivity index (χ4v) is 6.60. The molecule has 0 radical (unpaired) electrons. The maximum Gasteiger partial charge on any atom is 0.343 e. The lowest BCUT2D eigenvalue weighted by Gasteiger charge is -2.31. The Balaban J connectivity index is 1.48. The number of pyridine rings is 2. The average Bonchev–Trinajstić information content (AvgIpc) is 3.44. The molecule has 0 unspecified atom stereocenters. The van der Waals surface area contributed by atoms with Crippen LogP contribution in [0.4, 0.5) is 4.39 Å². The molecule has 4 aliphatic rings. The van der Waals surface area contributed by atoms with E-state index in [-0.39, 0.29) is 47.6 Å². The summed E-state index contributed by atoms with van der Waals surface area (Å²) in [6, 6.07) is 4.32. The van der Waals surface area contributed by atoms with Crippen LogP contribution in [0.3, 0.4) is 0 Å².